The van der Waals surface area contributed by atoms with Crippen molar-refractivity contribution in [2.24, 2.45) is 17.8 Å². The molecule has 0 aliphatic heterocycles. The third kappa shape index (κ3) is 3.48. The van der Waals surface area contributed by atoms with Crippen molar-refractivity contribution in [3.05, 3.63) is 0 Å². The SMILES string of the molecule is CCCNC(CC1CC2CCC1C2)C(C)OCC. The topological polar surface area (TPSA) is 21.3 Å². The van der Waals surface area contributed by atoms with Gasteiger partial charge in [0.1, 0.15) is 0 Å². The number of ether oxygens (including phenoxy) is 1. The summed E-state index contributed by atoms with van der Waals surface area (Å²) in [5.74, 6) is 3.07. The van der Waals surface area contributed by atoms with Gasteiger partial charge in [0.05, 0.1) is 6.10 Å². The fourth-order valence-corrected chi connectivity index (χ4v) is 4.14. The van der Waals surface area contributed by atoms with Gasteiger partial charge in [-0.05, 0) is 70.3 Å². The molecule has 5 atom stereocenters. The summed E-state index contributed by atoms with van der Waals surface area (Å²) in [5, 5.41) is 3.72. The molecule has 2 fully saturated rings. The first-order chi connectivity index (χ1) is 8.74. The molecule has 0 radical (unpaired) electrons. The second kappa shape index (κ2) is 6.91. The number of hydrogen-bond acceptors (Lipinski definition) is 2. The lowest BCUT2D eigenvalue weighted by Gasteiger charge is -2.31. The average molecular weight is 253 g/mol. The molecule has 0 spiro atoms. The van der Waals surface area contributed by atoms with Crippen molar-refractivity contribution in [2.45, 2.75) is 71.4 Å². The Morgan fingerprint density at radius 1 is 1.22 bits per heavy atom. The maximum absolute atomic E-state index is 5.83. The Morgan fingerprint density at radius 3 is 2.61 bits per heavy atom. The van der Waals surface area contributed by atoms with E-state index in [2.05, 4.69) is 26.1 Å². The minimum absolute atomic E-state index is 0.362. The molecule has 2 aliphatic rings. The van der Waals surface area contributed by atoms with Crippen molar-refractivity contribution in [1.82, 2.24) is 5.32 Å². The van der Waals surface area contributed by atoms with Gasteiger partial charge in [-0.15, -0.1) is 0 Å². The van der Waals surface area contributed by atoms with E-state index in [1.807, 2.05) is 0 Å². The predicted octanol–water partition coefficient (Wildman–Crippen LogP) is 3.61. The van der Waals surface area contributed by atoms with Gasteiger partial charge in [0, 0.05) is 12.6 Å². The highest BCUT2D eigenvalue weighted by Gasteiger charge is 2.40. The normalized spacial score (nSPS) is 33.8. The van der Waals surface area contributed by atoms with E-state index in [4.69, 9.17) is 4.74 Å². The molecule has 0 amide bonds. The molecule has 2 rings (SSSR count). The summed E-state index contributed by atoms with van der Waals surface area (Å²) in [5.41, 5.74) is 0. The Labute approximate surface area is 113 Å². The lowest BCUT2D eigenvalue weighted by Crippen LogP contribution is -2.42. The molecule has 0 aromatic heterocycles. The minimum atomic E-state index is 0.362. The Morgan fingerprint density at radius 2 is 2.06 bits per heavy atom. The first-order valence-electron chi connectivity index (χ1n) is 8.09. The highest BCUT2D eigenvalue weighted by molar-refractivity contribution is 4.92. The van der Waals surface area contributed by atoms with E-state index < -0.39 is 0 Å². The summed E-state index contributed by atoms with van der Waals surface area (Å²) in [4.78, 5) is 0. The summed E-state index contributed by atoms with van der Waals surface area (Å²) in [6.07, 6.45) is 8.94. The van der Waals surface area contributed by atoms with Gasteiger partial charge in [-0.25, -0.2) is 0 Å². The van der Waals surface area contributed by atoms with Gasteiger partial charge < -0.3 is 10.1 Å². The zero-order valence-electron chi connectivity index (χ0n) is 12.5. The summed E-state index contributed by atoms with van der Waals surface area (Å²) in [6, 6.07) is 0.564. The molecule has 2 aliphatic carbocycles. The molecule has 0 aromatic carbocycles. The Balaban J connectivity index is 1.83. The van der Waals surface area contributed by atoms with E-state index in [9.17, 15) is 0 Å². The Kier molecular flexibility index (Phi) is 5.50. The van der Waals surface area contributed by atoms with Crippen LogP contribution < -0.4 is 5.32 Å². The van der Waals surface area contributed by atoms with Gasteiger partial charge >= 0.3 is 0 Å². The zero-order chi connectivity index (χ0) is 13.0. The van der Waals surface area contributed by atoms with Crippen LogP contribution in [0.1, 0.15) is 59.3 Å². The van der Waals surface area contributed by atoms with Gasteiger partial charge in [0.15, 0.2) is 0 Å². The molecule has 0 saturated heterocycles. The Bertz CT molecular complexity index is 243. The van der Waals surface area contributed by atoms with Crippen molar-refractivity contribution in [1.29, 1.82) is 0 Å². The first-order valence-corrected chi connectivity index (χ1v) is 8.09. The minimum Gasteiger partial charge on any atom is -0.377 e. The number of fused-ring (bicyclic) bond motifs is 2. The van der Waals surface area contributed by atoms with Crippen LogP contribution in [0.4, 0.5) is 0 Å². The summed E-state index contributed by atoms with van der Waals surface area (Å²) in [7, 11) is 0. The summed E-state index contributed by atoms with van der Waals surface area (Å²) >= 11 is 0. The molecule has 5 unspecified atom stereocenters. The highest BCUT2D eigenvalue weighted by atomic mass is 16.5. The van der Waals surface area contributed by atoms with Gasteiger partial charge in [-0.3, -0.25) is 0 Å². The fourth-order valence-electron chi connectivity index (χ4n) is 4.14. The van der Waals surface area contributed by atoms with Crippen LogP contribution in [0, 0.1) is 17.8 Å². The van der Waals surface area contributed by atoms with Crippen LogP contribution >= 0.6 is 0 Å². The number of hydrogen-bond donors (Lipinski definition) is 1. The molecule has 2 saturated carbocycles. The fraction of sp³-hybridized carbons (Fsp3) is 1.00. The number of nitrogens with one attached hydrogen (secondary N) is 1. The van der Waals surface area contributed by atoms with E-state index in [0.29, 0.717) is 12.1 Å². The lowest BCUT2D eigenvalue weighted by molar-refractivity contribution is 0.0375. The van der Waals surface area contributed by atoms with Crippen LogP contribution in [0.2, 0.25) is 0 Å². The second-order valence-electron chi connectivity index (χ2n) is 6.39. The molecule has 2 nitrogen and oxygen atoms in total. The van der Waals surface area contributed by atoms with Crippen LogP contribution in [0.3, 0.4) is 0 Å². The van der Waals surface area contributed by atoms with Crippen molar-refractivity contribution >= 4 is 0 Å². The van der Waals surface area contributed by atoms with Gasteiger partial charge in [0.25, 0.3) is 0 Å². The molecule has 18 heavy (non-hydrogen) atoms. The average Bonchev–Trinajstić information content (AvgIpc) is 2.96. The van der Waals surface area contributed by atoms with E-state index in [-0.39, 0.29) is 0 Å². The lowest BCUT2D eigenvalue weighted by atomic mass is 9.83. The van der Waals surface area contributed by atoms with Gasteiger partial charge in [-0.1, -0.05) is 13.3 Å². The third-order valence-electron chi connectivity index (χ3n) is 5.09. The van der Waals surface area contributed by atoms with Gasteiger partial charge in [0.2, 0.25) is 0 Å². The highest BCUT2D eigenvalue weighted by Crippen LogP contribution is 2.50. The Hall–Kier alpha value is -0.0800. The molecular weight excluding hydrogens is 222 g/mol. The summed E-state index contributed by atoms with van der Waals surface area (Å²) in [6.45, 7) is 8.55. The zero-order valence-corrected chi connectivity index (χ0v) is 12.5. The van der Waals surface area contributed by atoms with Crippen LogP contribution in [0.5, 0.6) is 0 Å². The monoisotopic (exact) mass is 253 g/mol. The van der Waals surface area contributed by atoms with Crippen LogP contribution in [0.25, 0.3) is 0 Å². The largest absolute Gasteiger partial charge is 0.377 e. The maximum Gasteiger partial charge on any atom is 0.0699 e. The van der Waals surface area contributed by atoms with Crippen molar-refractivity contribution < 1.29 is 4.74 Å². The molecule has 2 bridgehead atoms. The quantitative estimate of drug-likeness (QED) is 0.713. The number of rotatable bonds is 8. The van der Waals surface area contributed by atoms with Crippen molar-refractivity contribution in [2.75, 3.05) is 13.2 Å². The van der Waals surface area contributed by atoms with E-state index >= 15 is 0 Å². The van der Waals surface area contributed by atoms with Gasteiger partial charge in [-0.2, -0.15) is 0 Å². The van der Waals surface area contributed by atoms with E-state index in [1.54, 1.807) is 0 Å². The van der Waals surface area contributed by atoms with E-state index in [1.165, 1.54) is 38.5 Å². The second-order valence-corrected chi connectivity index (χ2v) is 6.39. The molecule has 2 heteroatoms. The summed E-state index contributed by atoms with van der Waals surface area (Å²) < 4.78 is 5.83. The smallest absolute Gasteiger partial charge is 0.0699 e. The molecule has 1 N–H and O–H groups in total. The van der Waals surface area contributed by atoms with Crippen LogP contribution in [-0.2, 0) is 4.74 Å². The molecular formula is C16H31NO. The van der Waals surface area contributed by atoms with Crippen molar-refractivity contribution in [3.8, 4) is 0 Å². The maximum atomic E-state index is 5.83. The van der Waals surface area contributed by atoms with E-state index in [0.717, 1.165) is 30.9 Å². The van der Waals surface area contributed by atoms with Crippen LogP contribution in [0.15, 0.2) is 0 Å². The molecule has 0 heterocycles. The van der Waals surface area contributed by atoms with Crippen molar-refractivity contribution in [3.63, 3.8) is 0 Å². The van der Waals surface area contributed by atoms with Crippen LogP contribution in [-0.4, -0.2) is 25.3 Å². The molecule has 0 aromatic rings. The predicted molar refractivity (Wildman–Crippen MR) is 76.7 cm³/mol. The third-order valence-corrected chi connectivity index (χ3v) is 5.09. The first kappa shape index (κ1) is 14.3. The molecule has 106 valence electrons. The standard InChI is InChI=1S/C16H31NO/c1-4-8-17-16(12(3)18-5-2)11-15-10-13-6-7-14(15)9-13/h12-17H,4-11H2,1-3H3.